The van der Waals surface area contributed by atoms with E-state index in [1.165, 1.54) is 134 Å². The molecule has 12 aliphatic rings. The van der Waals surface area contributed by atoms with E-state index >= 15 is 0 Å². The number of fused-ring (bicyclic) bond motifs is 24. The van der Waals surface area contributed by atoms with E-state index in [9.17, 15) is 0 Å². The smallest absolute Gasteiger partial charge is 0.425 e. The van der Waals surface area contributed by atoms with Gasteiger partial charge in [0.1, 0.15) is 26.2 Å². The fourth-order valence-corrected chi connectivity index (χ4v) is 24.0. The average molecular weight is 1720 g/mol. The zero-order valence-corrected chi connectivity index (χ0v) is 78.7. The molecule has 24 rings (SSSR count). The van der Waals surface area contributed by atoms with Gasteiger partial charge in [-0.2, -0.15) is 0 Å². The number of rotatable bonds is 8. The highest BCUT2D eigenvalue weighted by Gasteiger charge is 2.66. The molecule has 12 aliphatic heterocycles. The Morgan fingerprint density at radius 2 is 0.485 bits per heavy atom. The Morgan fingerprint density at radius 1 is 0.220 bits per heavy atom. The molecule has 0 aromatic heterocycles. The summed E-state index contributed by atoms with van der Waals surface area (Å²) >= 11 is 0. The molecule has 4 fully saturated rings. The summed E-state index contributed by atoms with van der Waals surface area (Å²) in [5.74, 6) is 0. The summed E-state index contributed by atoms with van der Waals surface area (Å²) in [6.07, 6.45) is 9.17. The van der Waals surface area contributed by atoms with E-state index in [1.54, 1.807) is 0 Å². The van der Waals surface area contributed by atoms with E-state index in [-0.39, 0.29) is 83.8 Å². The van der Waals surface area contributed by atoms with Crippen LogP contribution in [0.3, 0.4) is 0 Å². The predicted octanol–water partition coefficient (Wildman–Crippen LogP) is 16.4. The topological polar surface area (TPSA) is 100 Å². The van der Waals surface area contributed by atoms with Crippen molar-refractivity contribution in [1.29, 1.82) is 0 Å². The Balaban J connectivity index is 0.000000106. The SMILES string of the molecule is CB1N(c2ccccc2)B(C)N2B(C3=CCN=[N+]3c3ccccc32)N1c1ccccc1.CB1N2B(C3=CCN=[N+]3c3ccccc32)N(c2c(C)cccc2C)B(C)N1c1c(C)cccc1C.CN1B(c2ccccc2)N(C)B(c2ccccc2)N2B1C1=CCN=[N+]1c1ccccc12.Cc1cccc(C)c1B1N(C)B2C3=CCN=[N+]3c3ccccc3N2B(c2c(C)cccc2C)N1C. The Bertz CT molecular complexity index is 6690. The summed E-state index contributed by atoms with van der Waals surface area (Å²) in [6, 6.07) is 105. The van der Waals surface area contributed by atoms with Crippen LogP contribution in [0.2, 0.25) is 27.3 Å². The molecule has 12 heterocycles. The van der Waals surface area contributed by atoms with Gasteiger partial charge in [-0.1, -0.05) is 259 Å². The zero-order chi connectivity index (χ0) is 90.8. The summed E-state index contributed by atoms with van der Waals surface area (Å²) in [5, 5.41) is 19.4. The van der Waals surface area contributed by atoms with Crippen molar-refractivity contribution in [1.82, 2.24) is 18.9 Å². The van der Waals surface area contributed by atoms with Crippen molar-refractivity contribution in [2.45, 2.75) is 82.7 Å². The lowest BCUT2D eigenvalue weighted by Gasteiger charge is -2.56. The molecule has 640 valence electrons. The first-order valence-corrected chi connectivity index (χ1v) is 47.0. The van der Waals surface area contributed by atoms with Crippen molar-refractivity contribution < 1.29 is 18.8 Å². The highest BCUT2D eigenvalue weighted by Crippen LogP contribution is 2.51. The summed E-state index contributed by atoms with van der Waals surface area (Å²) in [4.78, 5) is 0. The summed E-state index contributed by atoms with van der Waals surface area (Å²) in [6.45, 7) is 31.5. The summed E-state index contributed by atoms with van der Waals surface area (Å²) in [5.41, 5.74) is 35.5. The van der Waals surface area contributed by atoms with Gasteiger partial charge in [0.05, 0.1) is 22.7 Å². The minimum Gasteiger partial charge on any atom is -0.425 e. The van der Waals surface area contributed by atoms with Crippen LogP contribution in [0.5, 0.6) is 0 Å². The maximum Gasteiger partial charge on any atom is 0.469 e. The molecule has 12 aromatic rings. The quantitative estimate of drug-likeness (QED) is 0.107. The molecule has 132 heavy (non-hydrogen) atoms. The van der Waals surface area contributed by atoms with Gasteiger partial charge < -0.3 is 56.7 Å². The van der Waals surface area contributed by atoms with Crippen molar-refractivity contribution in [2.24, 2.45) is 20.5 Å². The van der Waals surface area contributed by atoms with E-state index in [0.717, 1.165) is 48.9 Å². The Labute approximate surface area is 784 Å². The lowest BCUT2D eigenvalue weighted by Crippen LogP contribution is -2.83. The Morgan fingerprint density at radius 3 is 0.886 bits per heavy atom. The molecule has 0 aliphatic carbocycles. The molecule has 12 aromatic carbocycles. The third kappa shape index (κ3) is 14.0. The van der Waals surface area contributed by atoms with E-state index in [2.05, 4.69) is 502 Å². The largest absolute Gasteiger partial charge is 0.469 e. The Hall–Kier alpha value is -13.0. The maximum atomic E-state index is 4.89. The van der Waals surface area contributed by atoms with Gasteiger partial charge in [0.2, 0.25) is 22.4 Å². The first-order chi connectivity index (χ1) is 64.3. The van der Waals surface area contributed by atoms with Crippen molar-refractivity contribution in [3.8, 4) is 0 Å². The molecular weight excluding hydrogens is 1610 g/mol. The first-order valence-electron chi connectivity index (χ1n) is 47.0. The molecule has 0 amide bonds. The normalized spacial score (nSPS) is 17.5. The number of hydrogen-bond acceptors (Lipinski definition) is 16. The molecule has 0 saturated carbocycles. The molecule has 0 radical (unpaired) electrons. The highest BCUT2D eigenvalue weighted by atomic mass is 15.4. The fourth-order valence-electron chi connectivity index (χ4n) is 24.0. The third-order valence-electron chi connectivity index (χ3n) is 29.4. The third-order valence-corrected chi connectivity index (χ3v) is 29.4. The van der Waals surface area contributed by atoms with Crippen LogP contribution in [0.4, 0.5) is 68.2 Å². The van der Waals surface area contributed by atoms with Crippen LogP contribution in [-0.4, -0.2) is 176 Å². The molecule has 0 atom stereocenters. The highest BCUT2D eigenvalue weighted by molar-refractivity contribution is 7.08. The van der Waals surface area contributed by atoms with Crippen LogP contribution in [-0.2, 0) is 0 Å². The van der Waals surface area contributed by atoms with Crippen LogP contribution in [0.25, 0.3) is 0 Å². The van der Waals surface area contributed by atoms with Gasteiger partial charge in [-0.3, -0.25) is 0 Å². The number of para-hydroxylation sites is 12. The number of hydrogen-bond donors (Lipinski definition) is 0. The molecule has 0 N–H and O–H groups in total. The van der Waals surface area contributed by atoms with Crippen LogP contribution < -0.4 is 59.6 Å². The van der Waals surface area contributed by atoms with Crippen LogP contribution in [0.1, 0.15) is 44.5 Å². The molecule has 0 unspecified atom stereocenters. The van der Waals surface area contributed by atoms with Crippen LogP contribution in [0, 0.1) is 55.4 Å². The van der Waals surface area contributed by atoms with Crippen LogP contribution >= 0.6 is 0 Å². The van der Waals surface area contributed by atoms with Crippen molar-refractivity contribution in [3.63, 3.8) is 0 Å². The Kier molecular flexibility index (Phi) is 22.7. The number of aryl methyl sites for hydroxylation is 8. The van der Waals surface area contributed by atoms with Gasteiger partial charge in [0.15, 0.2) is 0 Å². The molecule has 0 spiro atoms. The lowest BCUT2D eigenvalue weighted by molar-refractivity contribution is -0.445. The fraction of sp³-hybridized carbons (Fsp3) is 0.200. The number of azo groups is 8. The van der Waals surface area contributed by atoms with Crippen molar-refractivity contribution >= 4 is 174 Å². The summed E-state index contributed by atoms with van der Waals surface area (Å²) < 4.78 is 39.4. The second kappa shape index (κ2) is 35.0. The van der Waals surface area contributed by atoms with E-state index in [1.807, 2.05) is 0 Å². The standard InChI is InChI=1S/2C27H31B3N5.2C23H23B3N5/c1-19-11-9-12-20(2)26(19)29-32(5)28-25-17-18-31-34(25)23-15-7-8-16-24(23)35(28)30(33(29)6)27-21(3)13-10-14-22(27)4;1-19-11-9-12-20(2)26(19)34-28(5)33-24-16-8-7-15-23(24)32-25(17-18-31-32)30(33)35(29(34)6)27-21(3)13-10-14-22(27)4;1-28-24(19-11-5-3-6-12-19)29(2)26-23-17-18-27-30(23)21-15-9-10-16-22(21)31(26)25(28)20-13-7-4-8-14-20;1-24-29(19-11-5-3-6-12-19)25(2)31-22-16-10-9-15-21(22)28-23(17-18-27-28)26(31)30(24)20-13-7-4-8-14-20/h2*7-17H,18H2,1-6H3;2*3-17H,18H2,1-2H3/q4*+1. The lowest BCUT2D eigenvalue weighted by atomic mass is 9.37. The molecule has 32 heteroatoms. The number of benzene rings is 12. The van der Waals surface area contributed by atoms with Crippen molar-refractivity contribution in [3.05, 3.63) is 382 Å². The van der Waals surface area contributed by atoms with Gasteiger partial charge in [0, 0.05) is 71.3 Å². The summed E-state index contributed by atoms with van der Waals surface area (Å²) in [7, 11) is 9.04. The van der Waals surface area contributed by atoms with Gasteiger partial charge in [-0.15, -0.1) is 0 Å². The predicted molar refractivity (Wildman–Crippen MR) is 558 cm³/mol. The van der Waals surface area contributed by atoms with Gasteiger partial charge in [0.25, 0.3) is 22.7 Å². The first kappa shape index (κ1) is 85.8. The van der Waals surface area contributed by atoms with Gasteiger partial charge in [-0.05, 0) is 224 Å². The van der Waals surface area contributed by atoms with Crippen LogP contribution in [0.15, 0.2) is 358 Å². The average Bonchev–Trinajstić information content (AvgIpc) is 1.29. The monoisotopic (exact) mass is 1720 g/mol. The number of nitrogens with zero attached hydrogens (tertiary/aromatic N) is 20. The second-order valence-corrected chi connectivity index (χ2v) is 37.0. The molecular formula is C100H108B12N20+4. The van der Waals surface area contributed by atoms with Crippen molar-refractivity contribution in [2.75, 3.05) is 92.1 Å². The van der Waals surface area contributed by atoms with Gasteiger partial charge >= 0.3 is 83.8 Å². The maximum absolute atomic E-state index is 4.89. The minimum absolute atomic E-state index is 0.0570. The second-order valence-electron chi connectivity index (χ2n) is 37.0. The van der Waals surface area contributed by atoms with Gasteiger partial charge in [-0.25, -0.2) is 0 Å². The number of anilines is 8. The molecule has 20 nitrogen and oxygen atoms in total. The van der Waals surface area contributed by atoms with E-state index in [0.29, 0.717) is 0 Å². The zero-order valence-electron chi connectivity index (χ0n) is 78.7. The molecule has 4 saturated heterocycles. The van der Waals surface area contributed by atoms with E-state index in [4.69, 9.17) is 20.5 Å². The minimum atomic E-state index is 0.0570. The van der Waals surface area contributed by atoms with E-state index < -0.39 is 0 Å². The molecule has 0 bridgehead atoms.